The summed E-state index contributed by atoms with van der Waals surface area (Å²) in [5.41, 5.74) is 0. The summed E-state index contributed by atoms with van der Waals surface area (Å²) in [4.78, 5) is 20.9. The van der Waals surface area contributed by atoms with Gasteiger partial charge in [-0.1, -0.05) is 6.58 Å². The maximum atomic E-state index is 10.7. The smallest absolute Gasteiger partial charge is 0.337 e. The van der Waals surface area contributed by atoms with Gasteiger partial charge in [0.25, 0.3) is 0 Å². The molecule has 1 rings (SSSR count). The Bertz CT molecular complexity index is 399. The van der Waals surface area contributed by atoms with E-state index in [9.17, 15) is 4.79 Å². The van der Waals surface area contributed by atoms with Gasteiger partial charge in [-0.2, -0.15) is 4.98 Å². The lowest BCUT2D eigenvalue weighted by Gasteiger charge is -1.99. The third-order valence-corrected chi connectivity index (χ3v) is 1.29. The summed E-state index contributed by atoms with van der Waals surface area (Å²) in [5, 5.41) is 0. The average molecular weight is 197 g/mol. The van der Waals surface area contributed by atoms with Gasteiger partial charge in [0.15, 0.2) is 0 Å². The lowest BCUT2D eigenvalue weighted by molar-refractivity contribution is -0.129. The van der Waals surface area contributed by atoms with Crippen LogP contribution < -0.4 is 4.74 Å². The predicted molar refractivity (Wildman–Crippen MR) is 47.8 cm³/mol. The Balaban J connectivity index is 2.95. The molecule has 1 aromatic rings. The van der Waals surface area contributed by atoms with Gasteiger partial charge < -0.3 is 4.74 Å². The van der Waals surface area contributed by atoms with Crippen molar-refractivity contribution in [3.63, 3.8) is 0 Å². The Morgan fingerprint density at radius 2 is 2.38 bits per heavy atom. The molecule has 0 radical (unpaired) electrons. The molecule has 5 nitrogen and oxygen atoms in total. The van der Waals surface area contributed by atoms with Crippen LogP contribution in [0.15, 0.2) is 12.7 Å². The van der Waals surface area contributed by atoms with E-state index in [4.69, 9.17) is 17.0 Å². The molecule has 1 heterocycles. The quantitative estimate of drug-likeness (QED) is 0.434. The first-order chi connectivity index (χ1) is 6.11. The van der Waals surface area contributed by atoms with E-state index in [0.29, 0.717) is 5.82 Å². The van der Waals surface area contributed by atoms with E-state index in [2.05, 4.69) is 21.5 Å². The molecule has 0 saturated heterocycles. The Morgan fingerprint density at radius 3 is 2.92 bits per heavy atom. The number of carbonyl (C=O) groups is 1. The number of esters is 1. The summed E-state index contributed by atoms with van der Waals surface area (Å²) >= 11 is 4.72. The van der Waals surface area contributed by atoms with Crippen molar-refractivity contribution in [2.45, 2.75) is 6.92 Å². The molecular formula is C7H7N3O2S. The first-order valence-corrected chi connectivity index (χ1v) is 3.82. The van der Waals surface area contributed by atoms with Crippen molar-refractivity contribution < 1.29 is 9.53 Å². The van der Waals surface area contributed by atoms with Crippen LogP contribution in [-0.4, -0.2) is 20.9 Å². The molecule has 0 unspecified atom stereocenters. The monoisotopic (exact) mass is 197 g/mol. The summed E-state index contributed by atoms with van der Waals surface area (Å²) in [5.74, 6) is -0.0596. The lowest BCUT2D eigenvalue weighted by atomic mass is 10.6. The summed E-state index contributed by atoms with van der Waals surface area (Å²) < 4.78 is 4.82. The number of nitrogens with zero attached hydrogens (tertiary/aromatic N) is 2. The van der Waals surface area contributed by atoms with Gasteiger partial charge in [0.2, 0.25) is 4.77 Å². The Hall–Kier alpha value is -1.56. The van der Waals surface area contributed by atoms with E-state index in [1.165, 1.54) is 0 Å². The van der Waals surface area contributed by atoms with Gasteiger partial charge in [-0.05, 0) is 19.1 Å². The molecule has 68 valence electrons. The van der Waals surface area contributed by atoms with E-state index in [1.807, 2.05) is 0 Å². The number of H-pyrrole nitrogens is 1. The highest BCUT2D eigenvalue weighted by atomic mass is 32.1. The number of hydrogen-bond donors (Lipinski definition) is 1. The highest BCUT2D eigenvalue weighted by Gasteiger charge is 2.02. The number of ether oxygens (including phenoxy) is 1. The molecule has 6 heteroatoms. The van der Waals surface area contributed by atoms with Crippen molar-refractivity contribution in [2.75, 3.05) is 0 Å². The van der Waals surface area contributed by atoms with Gasteiger partial charge in [0.1, 0.15) is 5.82 Å². The van der Waals surface area contributed by atoms with Crippen LogP contribution in [0.1, 0.15) is 5.82 Å². The number of aromatic nitrogens is 3. The molecule has 0 spiro atoms. The van der Waals surface area contributed by atoms with Gasteiger partial charge in [-0.25, -0.2) is 9.78 Å². The minimum Gasteiger partial charge on any atom is -0.389 e. The van der Waals surface area contributed by atoms with Crippen molar-refractivity contribution in [1.29, 1.82) is 0 Å². The van der Waals surface area contributed by atoms with E-state index in [-0.39, 0.29) is 10.8 Å². The number of nitrogens with one attached hydrogen (secondary N) is 1. The van der Waals surface area contributed by atoms with Crippen LogP contribution in [0.3, 0.4) is 0 Å². The zero-order valence-corrected chi connectivity index (χ0v) is 7.72. The molecule has 0 atom stereocenters. The number of aryl methyl sites for hydroxylation is 1. The second-order valence-electron chi connectivity index (χ2n) is 2.15. The normalized spacial score (nSPS) is 9.31. The summed E-state index contributed by atoms with van der Waals surface area (Å²) in [6, 6.07) is 0.0300. The second-order valence-corrected chi connectivity index (χ2v) is 2.51. The van der Waals surface area contributed by atoms with Gasteiger partial charge in [0, 0.05) is 6.08 Å². The van der Waals surface area contributed by atoms with Crippen molar-refractivity contribution in [1.82, 2.24) is 15.0 Å². The van der Waals surface area contributed by atoms with Gasteiger partial charge in [0.05, 0.1) is 0 Å². The van der Waals surface area contributed by atoms with Gasteiger partial charge >= 0.3 is 12.0 Å². The molecule has 0 aliphatic rings. The van der Waals surface area contributed by atoms with Crippen molar-refractivity contribution in [3.8, 4) is 6.01 Å². The predicted octanol–water partition coefficient (Wildman–Crippen LogP) is 0.934. The number of rotatable bonds is 2. The number of hydrogen-bond acceptors (Lipinski definition) is 5. The van der Waals surface area contributed by atoms with Crippen LogP contribution in [0.4, 0.5) is 0 Å². The van der Waals surface area contributed by atoms with E-state index in [0.717, 1.165) is 6.08 Å². The largest absolute Gasteiger partial charge is 0.389 e. The van der Waals surface area contributed by atoms with Crippen molar-refractivity contribution in [3.05, 3.63) is 23.3 Å². The summed E-state index contributed by atoms with van der Waals surface area (Å²) in [7, 11) is 0. The van der Waals surface area contributed by atoms with Crippen LogP contribution in [-0.2, 0) is 4.79 Å². The molecule has 0 fully saturated rings. The highest BCUT2D eigenvalue weighted by molar-refractivity contribution is 7.71. The Morgan fingerprint density at radius 1 is 1.69 bits per heavy atom. The minimum atomic E-state index is -0.594. The molecule has 0 aromatic carbocycles. The molecule has 1 aromatic heterocycles. The van der Waals surface area contributed by atoms with E-state index in [1.54, 1.807) is 6.92 Å². The maximum absolute atomic E-state index is 10.7. The topological polar surface area (TPSA) is 67.9 Å². The number of carbonyl (C=O) groups excluding carboxylic acids is 1. The van der Waals surface area contributed by atoms with Crippen molar-refractivity contribution in [2.24, 2.45) is 0 Å². The standard InChI is InChI=1S/C7H7N3O2S/c1-3-5(11)12-6-8-4(2)9-7(13)10-6/h3H,1H2,2H3,(H,8,9,10,13). The SMILES string of the molecule is C=CC(=O)Oc1nc(=S)nc(C)[nH]1. The molecule has 0 aliphatic heterocycles. The van der Waals surface area contributed by atoms with Gasteiger partial charge in [-0.15, -0.1) is 0 Å². The number of aromatic amines is 1. The lowest BCUT2D eigenvalue weighted by Crippen LogP contribution is -2.07. The third kappa shape index (κ3) is 2.75. The Kier molecular flexibility index (Phi) is 2.86. The fourth-order valence-corrected chi connectivity index (χ4v) is 0.871. The fourth-order valence-electron chi connectivity index (χ4n) is 0.651. The first-order valence-electron chi connectivity index (χ1n) is 3.41. The molecule has 0 saturated carbocycles. The third-order valence-electron chi connectivity index (χ3n) is 1.11. The maximum Gasteiger partial charge on any atom is 0.337 e. The molecular weight excluding hydrogens is 190 g/mol. The summed E-state index contributed by atoms with van der Waals surface area (Å²) in [6.45, 7) is 4.93. The zero-order chi connectivity index (χ0) is 9.84. The Labute approximate surface area is 79.5 Å². The van der Waals surface area contributed by atoms with E-state index >= 15 is 0 Å². The van der Waals surface area contributed by atoms with E-state index < -0.39 is 5.97 Å². The molecule has 0 bridgehead atoms. The van der Waals surface area contributed by atoms with Crippen LogP contribution >= 0.6 is 12.2 Å². The van der Waals surface area contributed by atoms with Crippen molar-refractivity contribution >= 4 is 18.2 Å². The molecule has 0 aliphatic carbocycles. The van der Waals surface area contributed by atoms with Crippen LogP contribution in [0.2, 0.25) is 0 Å². The zero-order valence-electron chi connectivity index (χ0n) is 6.90. The van der Waals surface area contributed by atoms with Gasteiger partial charge in [-0.3, -0.25) is 4.98 Å². The minimum absolute atomic E-state index is 0.0300. The first kappa shape index (κ1) is 9.53. The van der Waals surface area contributed by atoms with Crippen LogP contribution in [0, 0.1) is 11.7 Å². The summed E-state index contributed by atoms with van der Waals surface area (Å²) in [6.07, 6.45) is 1.04. The molecule has 13 heavy (non-hydrogen) atoms. The molecule has 1 N–H and O–H groups in total. The fraction of sp³-hybridized carbons (Fsp3) is 0.143. The van der Waals surface area contributed by atoms with Crippen LogP contribution in [0.5, 0.6) is 6.01 Å². The average Bonchev–Trinajstić information content (AvgIpc) is 2.02. The molecule has 0 amide bonds. The highest BCUT2D eigenvalue weighted by Crippen LogP contribution is 2.00. The van der Waals surface area contributed by atoms with Crippen LogP contribution in [0.25, 0.3) is 0 Å². The second kappa shape index (κ2) is 3.90.